The van der Waals surface area contributed by atoms with E-state index < -0.39 is 10.0 Å². The minimum atomic E-state index is -3.19. The number of nitrogens with zero attached hydrogens (tertiary/aromatic N) is 4. The molecule has 0 amide bonds. The van der Waals surface area contributed by atoms with Crippen molar-refractivity contribution in [3.63, 3.8) is 0 Å². The molecule has 1 aliphatic rings. The maximum Gasteiger partial charge on any atom is 0.209 e. The van der Waals surface area contributed by atoms with Crippen molar-refractivity contribution < 1.29 is 8.42 Å². The Kier molecular flexibility index (Phi) is 4.57. The molecule has 0 unspecified atom stereocenters. The summed E-state index contributed by atoms with van der Waals surface area (Å²) in [6.07, 6.45) is 5.63. The fourth-order valence-corrected chi connectivity index (χ4v) is 3.63. The van der Waals surface area contributed by atoms with Crippen LogP contribution in [0.15, 0.2) is 17.8 Å². The number of nitrogens with one attached hydrogen (secondary N) is 1. The summed E-state index contributed by atoms with van der Waals surface area (Å²) in [6, 6.07) is 0. The van der Waals surface area contributed by atoms with Gasteiger partial charge in [-0.05, 0) is 0 Å². The number of imidazole rings is 1. The van der Waals surface area contributed by atoms with E-state index in [1.807, 2.05) is 11.6 Å². The topological polar surface area (TPSA) is 80.1 Å². The molecule has 1 aliphatic heterocycles. The van der Waals surface area contributed by atoms with Crippen LogP contribution in [-0.4, -0.2) is 47.2 Å². The van der Waals surface area contributed by atoms with E-state index in [0.29, 0.717) is 0 Å². The highest BCUT2D eigenvalue weighted by Gasteiger charge is 2.18. The number of hydrogen-bond donors (Lipinski definition) is 1. The van der Waals surface area contributed by atoms with E-state index in [1.165, 1.54) is 6.26 Å². The summed E-state index contributed by atoms with van der Waals surface area (Å²) < 4.78 is 27.1. The maximum atomic E-state index is 11.2. The zero-order valence-electron chi connectivity index (χ0n) is 12.4. The summed E-state index contributed by atoms with van der Waals surface area (Å²) in [4.78, 5) is 11.1. The van der Waals surface area contributed by atoms with Crippen molar-refractivity contribution in [1.82, 2.24) is 24.2 Å². The number of hydrogen-bond acceptors (Lipinski definition) is 6. The molecule has 0 bridgehead atoms. The van der Waals surface area contributed by atoms with Crippen LogP contribution in [0.1, 0.15) is 16.5 Å². The van der Waals surface area contributed by atoms with E-state index in [0.717, 1.165) is 49.1 Å². The van der Waals surface area contributed by atoms with E-state index in [-0.39, 0.29) is 6.54 Å². The summed E-state index contributed by atoms with van der Waals surface area (Å²) in [5.74, 6) is 1.02. The van der Waals surface area contributed by atoms with Crippen LogP contribution in [0.2, 0.25) is 0 Å². The molecular formula is C13H19N5O2S2. The highest BCUT2D eigenvalue weighted by molar-refractivity contribution is 7.88. The summed E-state index contributed by atoms with van der Waals surface area (Å²) >= 11 is 1.67. The number of rotatable bonds is 5. The van der Waals surface area contributed by atoms with Crippen LogP contribution >= 0.6 is 11.3 Å². The van der Waals surface area contributed by atoms with E-state index in [4.69, 9.17) is 0 Å². The van der Waals surface area contributed by atoms with Crippen molar-refractivity contribution in [3.05, 3.63) is 34.3 Å². The van der Waals surface area contributed by atoms with Gasteiger partial charge in [-0.2, -0.15) is 0 Å². The Bertz CT molecular complexity index is 724. The molecule has 0 fully saturated rings. The average molecular weight is 341 g/mol. The second-order valence-corrected chi connectivity index (χ2v) is 8.17. The highest BCUT2D eigenvalue weighted by atomic mass is 32.2. The minimum absolute atomic E-state index is 0.290. The van der Waals surface area contributed by atoms with Gasteiger partial charge in [0.25, 0.3) is 0 Å². The Hall–Kier alpha value is -1.29. The van der Waals surface area contributed by atoms with Crippen molar-refractivity contribution in [2.45, 2.75) is 26.1 Å². The molecule has 0 saturated carbocycles. The third-order valence-electron chi connectivity index (χ3n) is 3.67. The van der Waals surface area contributed by atoms with Gasteiger partial charge in [-0.3, -0.25) is 4.90 Å². The lowest BCUT2D eigenvalue weighted by atomic mass is 10.4. The van der Waals surface area contributed by atoms with Gasteiger partial charge in [0, 0.05) is 43.8 Å². The summed E-state index contributed by atoms with van der Waals surface area (Å²) in [7, 11) is -3.19. The lowest BCUT2D eigenvalue weighted by molar-refractivity contribution is 0.270. The van der Waals surface area contributed by atoms with Crippen molar-refractivity contribution in [2.75, 3.05) is 19.3 Å². The monoisotopic (exact) mass is 341 g/mol. The zero-order valence-corrected chi connectivity index (χ0v) is 14.0. The largest absolute Gasteiger partial charge is 0.329 e. The van der Waals surface area contributed by atoms with Gasteiger partial charge in [0.2, 0.25) is 10.0 Å². The smallest absolute Gasteiger partial charge is 0.209 e. The number of aromatic nitrogens is 3. The van der Waals surface area contributed by atoms with Crippen LogP contribution in [-0.2, 0) is 36.1 Å². The first kappa shape index (κ1) is 15.6. The molecule has 120 valence electrons. The van der Waals surface area contributed by atoms with Crippen LogP contribution < -0.4 is 4.72 Å². The summed E-state index contributed by atoms with van der Waals surface area (Å²) in [6.45, 7) is 3.82. The van der Waals surface area contributed by atoms with E-state index >= 15 is 0 Å². The van der Waals surface area contributed by atoms with Gasteiger partial charge >= 0.3 is 0 Å². The molecule has 0 aromatic carbocycles. The van der Waals surface area contributed by atoms with Crippen molar-refractivity contribution in [2.24, 2.45) is 0 Å². The number of sulfonamides is 1. The molecule has 0 saturated heterocycles. The average Bonchev–Trinajstić information content (AvgIpc) is 3.04. The quantitative estimate of drug-likeness (QED) is 0.854. The molecule has 2 aromatic rings. The molecule has 0 atom stereocenters. The standard InChI is InChI=1S/C13H19N5O2S2/c1-22(19,20)16-9-11-8-15-12-2-4-17(5-6-18(11)12)10-13-14-3-7-21-13/h3,7-8,16H,2,4-6,9-10H2,1H3. The van der Waals surface area contributed by atoms with Crippen LogP contribution in [0.25, 0.3) is 0 Å². The summed E-state index contributed by atoms with van der Waals surface area (Å²) in [5.41, 5.74) is 0.913. The Balaban J connectivity index is 1.65. The van der Waals surface area contributed by atoms with Crippen molar-refractivity contribution in [3.8, 4) is 0 Å². The van der Waals surface area contributed by atoms with Gasteiger partial charge in [-0.25, -0.2) is 23.1 Å². The predicted octanol–water partition coefficient (Wildman–Crippen LogP) is 0.447. The van der Waals surface area contributed by atoms with Gasteiger partial charge in [0.1, 0.15) is 10.8 Å². The van der Waals surface area contributed by atoms with Gasteiger partial charge < -0.3 is 4.57 Å². The van der Waals surface area contributed by atoms with E-state index in [2.05, 4.69) is 24.2 Å². The van der Waals surface area contributed by atoms with E-state index in [9.17, 15) is 8.42 Å². The van der Waals surface area contributed by atoms with Gasteiger partial charge in [0.15, 0.2) is 0 Å². The molecule has 9 heteroatoms. The van der Waals surface area contributed by atoms with Gasteiger partial charge in [0.05, 0.1) is 25.0 Å². The fraction of sp³-hybridized carbons (Fsp3) is 0.538. The van der Waals surface area contributed by atoms with Crippen LogP contribution in [0.4, 0.5) is 0 Å². The molecule has 1 N–H and O–H groups in total. The fourth-order valence-electron chi connectivity index (χ4n) is 2.56. The second kappa shape index (κ2) is 6.45. The molecule has 0 spiro atoms. The Morgan fingerprint density at radius 3 is 2.91 bits per heavy atom. The van der Waals surface area contributed by atoms with E-state index in [1.54, 1.807) is 17.5 Å². The Labute approximate surface area is 134 Å². The first-order valence-corrected chi connectivity index (χ1v) is 9.87. The zero-order chi connectivity index (χ0) is 15.6. The Morgan fingerprint density at radius 1 is 1.32 bits per heavy atom. The number of fused-ring (bicyclic) bond motifs is 1. The highest BCUT2D eigenvalue weighted by Crippen LogP contribution is 2.15. The van der Waals surface area contributed by atoms with Gasteiger partial charge in [-0.1, -0.05) is 0 Å². The van der Waals surface area contributed by atoms with Crippen molar-refractivity contribution >= 4 is 21.4 Å². The molecule has 2 aromatic heterocycles. The molecule has 0 radical (unpaired) electrons. The minimum Gasteiger partial charge on any atom is -0.329 e. The Morgan fingerprint density at radius 2 is 2.18 bits per heavy atom. The van der Waals surface area contributed by atoms with Gasteiger partial charge in [-0.15, -0.1) is 11.3 Å². The normalized spacial score (nSPS) is 16.4. The lowest BCUT2D eigenvalue weighted by Crippen LogP contribution is -2.27. The predicted molar refractivity (Wildman–Crippen MR) is 85.0 cm³/mol. The first-order valence-electron chi connectivity index (χ1n) is 7.10. The number of thiazole rings is 1. The third kappa shape index (κ3) is 3.92. The second-order valence-electron chi connectivity index (χ2n) is 5.36. The first-order chi connectivity index (χ1) is 10.5. The summed E-state index contributed by atoms with van der Waals surface area (Å²) in [5, 5.41) is 3.12. The molecular weight excluding hydrogens is 322 g/mol. The van der Waals surface area contributed by atoms with Crippen LogP contribution in [0.5, 0.6) is 0 Å². The van der Waals surface area contributed by atoms with Crippen molar-refractivity contribution in [1.29, 1.82) is 0 Å². The van der Waals surface area contributed by atoms with Crippen LogP contribution in [0.3, 0.4) is 0 Å². The molecule has 3 heterocycles. The maximum absolute atomic E-state index is 11.2. The molecule has 0 aliphatic carbocycles. The SMILES string of the molecule is CS(=O)(=O)NCc1cnc2n1CCN(Cc1nccs1)CC2. The molecule has 7 nitrogen and oxygen atoms in total. The molecule has 22 heavy (non-hydrogen) atoms. The lowest BCUT2D eigenvalue weighted by Gasteiger charge is -2.18. The third-order valence-corrected chi connectivity index (χ3v) is 5.10. The molecule has 3 rings (SSSR count). The van der Waals surface area contributed by atoms with Crippen LogP contribution in [0, 0.1) is 0 Å².